The molecule has 4 rings (SSSR count). The van der Waals surface area contributed by atoms with Gasteiger partial charge in [-0.05, 0) is 37.1 Å². The third kappa shape index (κ3) is 5.57. The Morgan fingerprint density at radius 3 is 2.61 bits per heavy atom. The van der Waals surface area contributed by atoms with E-state index in [1.807, 2.05) is 6.92 Å². The molecular weight excluding hydrogens is 527 g/mol. The highest BCUT2D eigenvalue weighted by Gasteiger charge is 2.30. The number of aromatic nitrogens is 5. The number of carbonyl (C=O) groups excluding carboxylic acids is 2. The molecule has 10 nitrogen and oxygen atoms in total. The minimum atomic E-state index is -4.51. The summed E-state index contributed by atoms with van der Waals surface area (Å²) in [7, 11) is 1.37. The fraction of sp³-hybridized carbons (Fsp3) is 0.292. The number of amides is 2. The Morgan fingerprint density at radius 1 is 1.18 bits per heavy atom. The van der Waals surface area contributed by atoms with Crippen LogP contribution in [0.15, 0.2) is 36.7 Å². The molecule has 0 fully saturated rings. The fourth-order valence-electron chi connectivity index (χ4n) is 3.82. The summed E-state index contributed by atoms with van der Waals surface area (Å²) in [5, 5.41) is 14.2. The summed E-state index contributed by atoms with van der Waals surface area (Å²) in [6.45, 7) is 2.46. The molecular formula is C24H23ClF3N7O3. The van der Waals surface area contributed by atoms with Gasteiger partial charge in [0.15, 0.2) is 5.82 Å². The summed E-state index contributed by atoms with van der Waals surface area (Å²) < 4.78 is 46.2. The van der Waals surface area contributed by atoms with Crippen molar-refractivity contribution in [1.82, 2.24) is 29.9 Å². The van der Waals surface area contributed by atoms with Crippen LogP contribution in [0, 0.1) is 6.92 Å². The number of methoxy groups -OCH3 is 1. The molecule has 3 heterocycles. The maximum atomic E-state index is 13.5. The van der Waals surface area contributed by atoms with Crippen molar-refractivity contribution < 1.29 is 27.5 Å². The van der Waals surface area contributed by atoms with Gasteiger partial charge in [0.05, 0.1) is 23.4 Å². The largest absolute Gasteiger partial charge is 0.480 e. The first-order valence-corrected chi connectivity index (χ1v) is 11.8. The number of carbonyl (C=O) groups is 2. The van der Waals surface area contributed by atoms with Crippen LogP contribution >= 0.6 is 11.6 Å². The lowest BCUT2D eigenvalue weighted by atomic mass is 10.0. The molecule has 4 aromatic rings. The van der Waals surface area contributed by atoms with Gasteiger partial charge in [-0.1, -0.05) is 18.5 Å². The predicted molar refractivity (Wildman–Crippen MR) is 134 cm³/mol. The molecule has 0 aliphatic heterocycles. The van der Waals surface area contributed by atoms with E-state index in [1.54, 1.807) is 25.1 Å². The summed E-state index contributed by atoms with van der Waals surface area (Å²) in [4.78, 5) is 30.9. The van der Waals surface area contributed by atoms with Crippen molar-refractivity contribution in [3.63, 3.8) is 0 Å². The first kappa shape index (κ1) is 26.9. The van der Waals surface area contributed by atoms with E-state index in [-0.39, 0.29) is 39.2 Å². The Morgan fingerprint density at radius 2 is 1.95 bits per heavy atom. The van der Waals surface area contributed by atoms with Crippen LogP contribution in [-0.2, 0) is 6.54 Å². The fourth-order valence-corrected chi connectivity index (χ4v) is 4.03. The van der Waals surface area contributed by atoms with Crippen molar-refractivity contribution in [1.29, 1.82) is 0 Å². The number of anilines is 1. The summed E-state index contributed by atoms with van der Waals surface area (Å²) in [6.07, 6.45) is -1.21. The van der Waals surface area contributed by atoms with Gasteiger partial charge in [-0.2, -0.15) is 18.3 Å². The van der Waals surface area contributed by atoms with Crippen LogP contribution in [0.4, 0.5) is 18.9 Å². The molecule has 0 unspecified atom stereocenters. The molecule has 0 saturated heterocycles. The van der Waals surface area contributed by atoms with Crippen LogP contribution in [0.2, 0.25) is 5.02 Å². The van der Waals surface area contributed by atoms with Crippen LogP contribution in [-0.4, -0.2) is 56.2 Å². The minimum Gasteiger partial charge on any atom is -0.480 e. The third-order valence-electron chi connectivity index (χ3n) is 5.45. The molecule has 2 amide bonds. The number of ether oxygens (including phenoxy) is 1. The van der Waals surface area contributed by atoms with Crippen molar-refractivity contribution >= 4 is 40.0 Å². The van der Waals surface area contributed by atoms with Gasteiger partial charge in [0.25, 0.3) is 11.8 Å². The lowest BCUT2D eigenvalue weighted by Gasteiger charge is -2.15. The molecule has 200 valence electrons. The normalized spacial score (nSPS) is 11.6. The zero-order valence-electron chi connectivity index (χ0n) is 20.6. The second-order valence-electron chi connectivity index (χ2n) is 8.33. The summed E-state index contributed by atoms with van der Waals surface area (Å²) in [5.41, 5.74) is 0.476. The van der Waals surface area contributed by atoms with E-state index >= 15 is 0 Å². The second kappa shape index (κ2) is 10.7. The van der Waals surface area contributed by atoms with Crippen molar-refractivity contribution in [2.24, 2.45) is 0 Å². The van der Waals surface area contributed by atoms with Crippen LogP contribution < -0.4 is 15.4 Å². The molecule has 0 atom stereocenters. The predicted octanol–water partition coefficient (Wildman–Crippen LogP) is 4.54. The Kier molecular flexibility index (Phi) is 7.58. The Hall–Kier alpha value is -4.13. The van der Waals surface area contributed by atoms with E-state index in [9.17, 15) is 22.8 Å². The number of pyridine rings is 1. The van der Waals surface area contributed by atoms with E-state index in [4.69, 9.17) is 16.3 Å². The average Bonchev–Trinajstić information content (AvgIpc) is 3.45. The molecule has 38 heavy (non-hydrogen) atoms. The van der Waals surface area contributed by atoms with Crippen LogP contribution in [0.25, 0.3) is 16.7 Å². The van der Waals surface area contributed by atoms with Crippen molar-refractivity contribution in [3.8, 4) is 11.7 Å². The first-order valence-electron chi connectivity index (χ1n) is 11.4. The number of nitrogens with zero attached hydrogens (tertiary/aromatic N) is 5. The van der Waals surface area contributed by atoms with Crippen molar-refractivity contribution in [3.05, 3.63) is 58.5 Å². The maximum Gasteiger partial charge on any atom is 0.408 e. The second-order valence-corrected chi connectivity index (χ2v) is 8.73. The van der Waals surface area contributed by atoms with Gasteiger partial charge in [0.1, 0.15) is 17.8 Å². The standard InChI is InChI=1S/C24H23ClF3N7O3/c1-4-7-30-23(37)18-19(13(2)9-14-11-34(33-20(14)18)12-24(26,27)28)31-22(36)16-10-17(38-3)32-35(16)21-15(25)6-5-8-29-21/h5-6,8-11H,4,7,12H2,1-3H3,(H,30,37)(H,31,36). The number of fused-ring (bicyclic) bond motifs is 1. The highest BCUT2D eigenvalue weighted by Crippen LogP contribution is 2.31. The Bertz CT molecular complexity index is 1510. The molecule has 0 radical (unpaired) electrons. The van der Waals surface area contributed by atoms with Crippen LogP contribution in [0.3, 0.4) is 0 Å². The molecule has 0 saturated carbocycles. The lowest BCUT2D eigenvalue weighted by molar-refractivity contribution is -0.142. The van der Waals surface area contributed by atoms with Gasteiger partial charge >= 0.3 is 6.18 Å². The number of rotatable bonds is 8. The van der Waals surface area contributed by atoms with Gasteiger partial charge in [-0.15, -0.1) is 5.10 Å². The van der Waals surface area contributed by atoms with Gasteiger partial charge in [-0.25, -0.2) is 9.67 Å². The molecule has 1 aromatic carbocycles. The smallest absolute Gasteiger partial charge is 0.408 e. The highest BCUT2D eigenvalue weighted by molar-refractivity contribution is 6.32. The zero-order chi connectivity index (χ0) is 27.6. The molecule has 2 N–H and O–H groups in total. The third-order valence-corrected chi connectivity index (χ3v) is 5.75. The number of aryl methyl sites for hydroxylation is 1. The Labute approximate surface area is 219 Å². The molecule has 14 heteroatoms. The molecule has 0 aliphatic rings. The van der Waals surface area contributed by atoms with Gasteiger partial charge in [0, 0.05) is 30.4 Å². The number of alkyl halides is 3. The number of hydrogen-bond acceptors (Lipinski definition) is 6. The summed E-state index contributed by atoms with van der Waals surface area (Å²) >= 11 is 6.26. The minimum absolute atomic E-state index is 0.00976. The molecule has 3 aromatic heterocycles. The maximum absolute atomic E-state index is 13.5. The zero-order valence-corrected chi connectivity index (χ0v) is 21.3. The van der Waals surface area contributed by atoms with E-state index in [0.717, 1.165) is 4.68 Å². The highest BCUT2D eigenvalue weighted by atomic mass is 35.5. The van der Waals surface area contributed by atoms with Crippen LogP contribution in [0.5, 0.6) is 5.88 Å². The summed E-state index contributed by atoms with van der Waals surface area (Å²) in [5.74, 6) is -1.01. The van der Waals surface area contributed by atoms with Crippen LogP contribution in [0.1, 0.15) is 39.8 Å². The van der Waals surface area contributed by atoms with E-state index in [0.29, 0.717) is 23.9 Å². The van der Waals surface area contributed by atoms with E-state index < -0.39 is 24.5 Å². The van der Waals surface area contributed by atoms with Crippen molar-refractivity contribution in [2.45, 2.75) is 33.0 Å². The molecule has 0 spiro atoms. The first-order chi connectivity index (χ1) is 18.0. The number of benzene rings is 1. The number of halogens is 4. The summed E-state index contributed by atoms with van der Waals surface area (Å²) in [6, 6.07) is 6.10. The van der Waals surface area contributed by atoms with Gasteiger partial charge in [0.2, 0.25) is 5.88 Å². The van der Waals surface area contributed by atoms with Gasteiger partial charge in [-0.3, -0.25) is 14.3 Å². The van der Waals surface area contributed by atoms with E-state index in [2.05, 4.69) is 25.8 Å². The number of nitrogens with one attached hydrogen (secondary N) is 2. The van der Waals surface area contributed by atoms with Gasteiger partial charge < -0.3 is 15.4 Å². The molecule has 0 aliphatic carbocycles. The monoisotopic (exact) mass is 549 g/mol. The van der Waals surface area contributed by atoms with E-state index in [1.165, 1.54) is 30.3 Å². The lowest BCUT2D eigenvalue weighted by Crippen LogP contribution is -2.27. The quantitative estimate of drug-likeness (QED) is 0.333. The van der Waals surface area contributed by atoms with Crippen molar-refractivity contribution in [2.75, 3.05) is 19.0 Å². The topological polar surface area (TPSA) is 116 Å². The SMILES string of the molecule is CCCNC(=O)c1c(NC(=O)c2cc(OC)nn2-c2ncccc2Cl)c(C)cc2cn(CC(F)(F)F)nc12. The average molecular weight is 550 g/mol. The molecule has 0 bridgehead atoms. The number of hydrogen-bond donors (Lipinski definition) is 2. The Balaban J connectivity index is 1.82.